The molecule has 0 fully saturated rings. The first-order valence-electron chi connectivity index (χ1n) is 16.4. The normalized spacial score (nSPS) is 12.6. The van der Waals surface area contributed by atoms with Crippen molar-refractivity contribution in [1.29, 1.82) is 0 Å². The van der Waals surface area contributed by atoms with Crippen LogP contribution in [0.2, 0.25) is 5.02 Å². The molecular weight excluding hydrogens is 598 g/mol. The number of halogens is 1. The monoisotopic (exact) mass is 647 g/mol. The summed E-state index contributed by atoms with van der Waals surface area (Å²) in [6.45, 7) is 11.8. The molecule has 3 aromatic rings. The highest BCUT2D eigenvalue weighted by Gasteiger charge is 2.36. The zero-order valence-electron chi connectivity index (χ0n) is 28.2. The molecule has 0 saturated heterocycles. The Morgan fingerprint density at radius 1 is 0.848 bits per heavy atom. The maximum atomic E-state index is 14.7. The highest BCUT2D eigenvalue weighted by molar-refractivity contribution is 6.34. The fraction of sp³-hybridized carbons (Fsp3) is 0.447. The Kier molecular flexibility index (Phi) is 14.1. The number of anilines is 1. The Balaban J connectivity index is 2.09. The first kappa shape index (κ1) is 36.6. The summed E-state index contributed by atoms with van der Waals surface area (Å²) in [6.07, 6.45) is 5.22. The number of nitrogens with one attached hydrogen (secondary N) is 2. The molecule has 0 radical (unpaired) electrons. The zero-order valence-corrected chi connectivity index (χ0v) is 29.0. The zero-order chi connectivity index (χ0) is 33.7. The van der Waals surface area contributed by atoms with Crippen LogP contribution >= 0.6 is 11.6 Å². The summed E-state index contributed by atoms with van der Waals surface area (Å²) in [5.74, 6) is -0.737. The molecule has 3 amide bonds. The quantitative estimate of drug-likeness (QED) is 0.161. The minimum Gasteiger partial charge on any atom is -0.444 e. The average Bonchev–Trinajstić information content (AvgIpc) is 3.01. The smallest absolute Gasteiger partial charge is 0.408 e. The average molecular weight is 648 g/mol. The van der Waals surface area contributed by atoms with E-state index < -0.39 is 23.8 Å². The van der Waals surface area contributed by atoms with Crippen LogP contribution in [-0.2, 0) is 27.2 Å². The van der Waals surface area contributed by atoms with E-state index >= 15 is 0 Å². The fourth-order valence-electron chi connectivity index (χ4n) is 5.34. The lowest BCUT2D eigenvalue weighted by molar-refractivity contribution is -0.140. The first-order chi connectivity index (χ1) is 21.9. The molecular formula is C38H50ClN3O4. The molecule has 7 nitrogen and oxygen atoms in total. The number of amides is 3. The van der Waals surface area contributed by atoms with Gasteiger partial charge in [-0.15, -0.1) is 0 Å². The Labute approximate surface area is 280 Å². The van der Waals surface area contributed by atoms with Gasteiger partial charge < -0.3 is 20.3 Å². The van der Waals surface area contributed by atoms with E-state index in [0.717, 1.165) is 48.8 Å². The number of rotatable bonds is 15. The summed E-state index contributed by atoms with van der Waals surface area (Å²) in [6, 6.07) is 20.8. The van der Waals surface area contributed by atoms with Crippen LogP contribution in [-0.4, -0.2) is 41.0 Å². The second-order valence-corrected chi connectivity index (χ2v) is 13.2. The SMILES string of the molecule is CCCCCCCN(C(=O)C(Cc1ccccc1)NC(=O)OC(C)(C)C)C(C(=O)Nc1c(C)cccc1Cl)c1ccc(CC)cc1. The van der Waals surface area contributed by atoms with Gasteiger partial charge in [-0.25, -0.2) is 4.79 Å². The Hall–Kier alpha value is -3.84. The highest BCUT2D eigenvalue weighted by atomic mass is 35.5. The molecule has 0 saturated carbocycles. The van der Waals surface area contributed by atoms with Crippen molar-refractivity contribution in [1.82, 2.24) is 10.2 Å². The summed E-state index contributed by atoms with van der Waals surface area (Å²) < 4.78 is 5.57. The van der Waals surface area contributed by atoms with Crippen LogP contribution in [0.4, 0.5) is 10.5 Å². The van der Waals surface area contributed by atoms with E-state index in [2.05, 4.69) is 24.5 Å². The van der Waals surface area contributed by atoms with Gasteiger partial charge in [-0.2, -0.15) is 0 Å². The maximum absolute atomic E-state index is 14.7. The number of ether oxygens (including phenoxy) is 1. The molecule has 0 spiro atoms. The summed E-state index contributed by atoms with van der Waals surface area (Å²) in [4.78, 5) is 43.8. The lowest BCUT2D eigenvalue weighted by Gasteiger charge is -2.35. The molecule has 2 atom stereocenters. The van der Waals surface area contributed by atoms with Crippen LogP contribution < -0.4 is 10.6 Å². The number of para-hydroxylation sites is 1. The summed E-state index contributed by atoms with van der Waals surface area (Å²) in [5.41, 5.74) is 3.24. The van der Waals surface area contributed by atoms with Gasteiger partial charge in [0.05, 0.1) is 10.7 Å². The van der Waals surface area contributed by atoms with Crippen molar-refractivity contribution in [3.05, 3.63) is 100 Å². The molecule has 0 heterocycles. The van der Waals surface area contributed by atoms with Crippen LogP contribution in [0.25, 0.3) is 0 Å². The number of aryl methyl sites for hydroxylation is 2. The van der Waals surface area contributed by atoms with Crippen LogP contribution in [0.1, 0.15) is 95.0 Å². The van der Waals surface area contributed by atoms with E-state index in [0.29, 0.717) is 29.2 Å². The minimum atomic E-state index is -0.973. The number of benzene rings is 3. The van der Waals surface area contributed by atoms with Gasteiger partial charge in [0.1, 0.15) is 17.7 Å². The van der Waals surface area contributed by atoms with E-state index in [1.165, 1.54) is 0 Å². The predicted octanol–water partition coefficient (Wildman–Crippen LogP) is 8.83. The first-order valence-corrected chi connectivity index (χ1v) is 16.8. The molecule has 248 valence electrons. The Bertz CT molecular complexity index is 1400. The van der Waals surface area contributed by atoms with Crippen molar-refractivity contribution >= 4 is 35.2 Å². The number of carbonyl (C=O) groups is 3. The Morgan fingerprint density at radius 3 is 2.13 bits per heavy atom. The second kappa shape index (κ2) is 17.7. The summed E-state index contributed by atoms with van der Waals surface area (Å²) in [7, 11) is 0. The molecule has 2 unspecified atom stereocenters. The van der Waals surface area contributed by atoms with Gasteiger partial charge in [-0.3, -0.25) is 9.59 Å². The number of nitrogens with zero attached hydrogens (tertiary/aromatic N) is 1. The molecule has 2 N–H and O–H groups in total. The number of hydrogen-bond acceptors (Lipinski definition) is 4. The molecule has 3 rings (SSSR count). The van der Waals surface area contributed by atoms with Crippen molar-refractivity contribution in [2.45, 2.75) is 104 Å². The van der Waals surface area contributed by atoms with Gasteiger partial charge in [0.25, 0.3) is 5.91 Å². The van der Waals surface area contributed by atoms with Gasteiger partial charge in [-0.1, -0.05) is 118 Å². The third-order valence-corrected chi connectivity index (χ3v) is 8.11. The number of alkyl carbamates (subject to hydrolysis) is 1. The predicted molar refractivity (Wildman–Crippen MR) is 187 cm³/mol. The van der Waals surface area contributed by atoms with Gasteiger partial charge >= 0.3 is 6.09 Å². The molecule has 0 aliphatic rings. The van der Waals surface area contributed by atoms with E-state index in [4.69, 9.17) is 16.3 Å². The molecule has 0 bridgehead atoms. The minimum absolute atomic E-state index is 0.234. The van der Waals surface area contributed by atoms with Crippen molar-refractivity contribution in [3.8, 4) is 0 Å². The highest BCUT2D eigenvalue weighted by Crippen LogP contribution is 2.30. The van der Waals surface area contributed by atoms with Crippen LogP contribution in [0.15, 0.2) is 72.8 Å². The van der Waals surface area contributed by atoms with Crippen LogP contribution in [0.5, 0.6) is 0 Å². The maximum Gasteiger partial charge on any atom is 0.408 e. The molecule has 0 aliphatic heterocycles. The third-order valence-electron chi connectivity index (χ3n) is 7.79. The van der Waals surface area contributed by atoms with Gasteiger partial charge in [0, 0.05) is 13.0 Å². The van der Waals surface area contributed by atoms with E-state index in [-0.39, 0.29) is 18.2 Å². The van der Waals surface area contributed by atoms with Crippen molar-refractivity contribution in [2.24, 2.45) is 0 Å². The second-order valence-electron chi connectivity index (χ2n) is 12.8. The molecule has 0 aliphatic carbocycles. The lowest BCUT2D eigenvalue weighted by atomic mass is 9.98. The van der Waals surface area contributed by atoms with Gasteiger partial charge in [0.15, 0.2) is 0 Å². The largest absolute Gasteiger partial charge is 0.444 e. The van der Waals surface area contributed by atoms with E-state index in [9.17, 15) is 14.4 Å². The van der Waals surface area contributed by atoms with Crippen LogP contribution in [0, 0.1) is 6.92 Å². The molecule has 8 heteroatoms. The summed E-state index contributed by atoms with van der Waals surface area (Å²) in [5, 5.41) is 6.29. The van der Waals surface area contributed by atoms with Gasteiger partial charge in [0.2, 0.25) is 5.91 Å². The third kappa shape index (κ3) is 11.2. The topological polar surface area (TPSA) is 87.7 Å². The van der Waals surface area contributed by atoms with E-state index in [1.54, 1.807) is 31.7 Å². The van der Waals surface area contributed by atoms with Crippen molar-refractivity contribution < 1.29 is 19.1 Å². The fourth-order valence-corrected chi connectivity index (χ4v) is 5.61. The van der Waals surface area contributed by atoms with E-state index in [1.807, 2.05) is 73.7 Å². The lowest BCUT2D eigenvalue weighted by Crippen LogP contribution is -2.53. The molecule has 0 aromatic heterocycles. The van der Waals surface area contributed by atoms with Crippen LogP contribution in [0.3, 0.4) is 0 Å². The summed E-state index contributed by atoms with van der Waals surface area (Å²) >= 11 is 6.53. The number of carbonyl (C=O) groups excluding carboxylic acids is 3. The number of unbranched alkanes of at least 4 members (excludes halogenated alkanes) is 4. The van der Waals surface area contributed by atoms with Crippen molar-refractivity contribution in [2.75, 3.05) is 11.9 Å². The Morgan fingerprint density at radius 2 is 1.52 bits per heavy atom. The number of hydrogen-bond donors (Lipinski definition) is 2. The van der Waals surface area contributed by atoms with Gasteiger partial charge in [-0.05, 0) is 68.9 Å². The molecule has 46 heavy (non-hydrogen) atoms. The van der Waals surface area contributed by atoms with Crippen molar-refractivity contribution in [3.63, 3.8) is 0 Å². The molecule has 3 aromatic carbocycles. The standard InChI is InChI=1S/C38H50ClN3O4/c1-7-9-10-11-15-25-42(36(44)32(26-29-18-13-12-14-19-29)40-37(45)46-38(4,5)6)34(30-23-21-28(8-2)22-24-30)35(43)41-33-27(3)17-16-20-31(33)39/h12-14,16-24,32,34H,7-11,15,25-26H2,1-6H3,(H,40,45)(H,41,43).